The van der Waals surface area contributed by atoms with Crippen LogP contribution in [0.25, 0.3) is 17.1 Å². The molecule has 1 aromatic carbocycles. The Morgan fingerprint density at radius 3 is 2.64 bits per heavy atom. The lowest BCUT2D eigenvalue weighted by Gasteiger charge is -2.10. The molecule has 7 heteroatoms. The molecule has 0 aliphatic heterocycles. The second kappa shape index (κ2) is 7.94. The van der Waals surface area contributed by atoms with Gasteiger partial charge in [0.15, 0.2) is 11.0 Å². The van der Waals surface area contributed by atoms with Gasteiger partial charge in [-0.15, -0.1) is 10.2 Å². The molecule has 0 saturated heterocycles. The van der Waals surface area contributed by atoms with Gasteiger partial charge in [0.1, 0.15) is 0 Å². The molecule has 0 amide bonds. The van der Waals surface area contributed by atoms with Gasteiger partial charge >= 0.3 is 5.97 Å². The molecule has 2 heterocycles. The van der Waals surface area contributed by atoms with Crippen molar-refractivity contribution in [3.05, 3.63) is 54.4 Å². The maximum atomic E-state index is 11.5. The number of rotatable bonds is 6. The van der Waals surface area contributed by atoms with E-state index in [4.69, 9.17) is 4.74 Å². The molecule has 0 radical (unpaired) electrons. The molecule has 0 unspecified atom stereocenters. The third-order valence-electron chi connectivity index (χ3n) is 3.70. The van der Waals surface area contributed by atoms with Crippen molar-refractivity contribution in [3.8, 4) is 17.1 Å². The highest BCUT2D eigenvalue weighted by Crippen LogP contribution is 2.27. The number of esters is 1. The Hall–Kier alpha value is -2.67. The number of methoxy groups -OCH3 is 1. The van der Waals surface area contributed by atoms with Gasteiger partial charge in [0, 0.05) is 23.6 Å². The maximum Gasteiger partial charge on any atom is 0.316 e. The van der Waals surface area contributed by atoms with Gasteiger partial charge in [-0.1, -0.05) is 30.8 Å². The number of hydrogen-bond acceptors (Lipinski definition) is 6. The normalized spacial score (nSPS) is 10.6. The van der Waals surface area contributed by atoms with Crippen LogP contribution in [0.1, 0.15) is 12.5 Å². The van der Waals surface area contributed by atoms with Crippen molar-refractivity contribution < 1.29 is 9.53 Å². The monoisotopic (exact) mass is 354 g/mol. The van der Waals surface area contributed by atoms with Crippen molar-refractivity contribution in [2.24, 2.45) is 0 Å². The first-order chi connectivity index (χ1) is 12.2. The number of thioether (sulfide) groups is 1. The van der Waals surface area contributed by atoms with Gasteiger partial charge in [-0.3, -0.25) is 14.3 Å². The average molecular weight is 354 g/mol. The van der Waals surface area contributed by atoms with Crippen molar-refractivity contribution in [2.45, 2.75) is 18.5 Å². The smallest absolute Gasteiger partial charge is 0.316 e. The van der Waals surface area contributed by atoms with Gasteiger partial charge in [0.25, 0.3) is 0 Å². The molecule has 0 spiro atoms. The predicted molar refractivity (Wildman–Crippen MR) is 96.7 cm³/mol. The highest BCUT2D eigenvalue weighted by Gasteiger charge is 2.17. The van der Waals surface area contributed by atoms with E-state index in [-0.39, 0.29) is 11.7 Å². The van der Waals surface area contributed by atoms with Gasteiger partial charge in [0.05, 0.1) is 12.9 Å². The summed E-state index contributed by atoms with van der Waals surface area (Å²) in [4.78, 5) is 15.6. The minimum absolute atomic E-state index is 0.175. The summed E-state index contributed by atoms with van der Waals surface area (Å²) >= 11 is 1.29. The summed E-state index contributed by atoms with van der Waals surface area (Å²) in [5.74, 6) is 0.558. The van der Waals surface area contributed by atoms with Crippen molar-refractivity contribution in [3.63, 3.8) is 0 Å². The van der Waals surface area contributed by atoms with Gasteiger partial charge in [-0.05, 0) is 36.2 Å². The number of benzene rings is 1. The number of hydrogen-bond donors (Lipinski definition) is 0. The van der Waals surface area contributed by atoms with Crippen LogP contribution in [0.3, 0.4) is 0 Å². The Morgan fingerprint density at radius 2 is 2.00 bits per heavy atom. The van der Waals surface area contributed by atoms with E-state index in [1.165, 1.54) is 24.4 Å². The topological polar surface area (TPSA) is 69.9 Å². The van der Waals surface area contributed by atoms with E-state index in [2.05, 4.69) is 34.2 Å². The molecule has 25 heavy (non-hydrogen) atoms. The second-order valence-corrected chi connectivity index (χ2v) is 6.21. The predicted octanol–water partition coefficient (Wildman–Crippen LogP) is 3.16. The number of aromatic nitrogens is 4. The molecule has 2 aromatic heterocycles. The Labute approximate surface area is 150 Å². The fourth-order valence-corrected chi connectivity index (χ4v) is 3.13. The number of nitrogens with zero attached hydrogens (tertiary/aromatic N) is 4. The average Bonchev–Trinajstić information content (AvgIpc) is 3.10. The fraction of sp³-hybridized carbons (Fsp3) is 0.222. The fourth-order valence-electron chi connectivity index (χ4n) is 2.34. The number of carbonyl (C=O) groups excluding carboxylic acids is 1. The first-order valence-electron chi connectivity index (χ1n) is 7.87. The number of pyridine rings is 1. The summed E-state index contributed by atoms with van der Waals surface area (Å²) in [7, 11) is 1.37. The first-order valence-corrected chi connectivity index (χ1v) is 8.86. The summed E-state index contributed by atoms with van der Waals surface area (Å²) in [6, 6.07) is 12.0. The molecule has 0 fully saturated rings. The van der Waals surface area contributed by atoms with E-state index in [1.807, 2.05) is 28.8 Å². The molecule has 3 aromatic rings. The molecule has 3 rings (SSSR count). The van der Waals surface area contributed by atoms with E-state index in [0.717, 1.165) is 17.7 Å². The van der Waals surface area contributed by atoms with E-state index in [9.17, 15) is 4.79 Å². The summed E-state index contributed by atoms with van der Waals surface area (Å²) in [5.41, 5.74) is 3.05. The van der Waals surface area contributed by atoms with Crippen molar-refractivity contribution >= 4 is 17.7 Å². The molecule has 6 nitrogen and oxygen atoms in total. The molecular weight excluding hydrogens is 336 g/mol. The molecule has 0 bridgehead atoms. The van der Waals surface area contributed by atoms with Crippen molar-refractivity contribution in [1.29, 1.82) is 0 Å². The zero-order valence-electron chi connectivity index (χ0n) is 14.0. The third kappa shape index (κ3) is 3.88. The van der Waals surface area contributed by atoms with E-state index in [0.29, 0.717) is 11.0 Å². The van der Waals surface area contributed by atoms with Gasteiger partial charge in [0.2, 0.25) is 0 Å². The Bertz CT molecular complexity index is 847. The number of carbonyl (C=O) groups is 1. The minimum Gasteiger partial charge on any atom is -0.468 e. The Morgan fingerprint density at radius 1 is 1.20 bits per heavy atom. The largest absolute Gasteiger partial charge is 0.468 e. The third-order valence-corrected chi connectivity index (χ3v) is 4.61. The van der Waals surface area contributed by atoms with Crippen molar-refractivity contribution in [2.75, 3.05) is 12.9 Å². The molecular formula is C18H18N4O2S. The summed E-state index contributed by atoms with van der Waals surface area (Å²) in [5, 5.41) is 9.20. The lowest BCUT2D eigenvalue weighted by atomic mass is 10.1. The van der Waals surface area contributed by atoms with E-state index in [1.54, 1.807) is 12.4 Å². The quantitative estimate of drug-likeness (QED) is 0.500. The van der Waals surface area contributed by atoms with Crippen LogP contribution in [-0.4, -0.2) is 38.6 Å². The van der Waals surface area contributed by atoms with E-state index < -0.39 is 0 Å². The van der Waals surface area contributed by atoms with Crippen LogP contribution in [-0.2, 0) is 16.0 Å². The summed E-state index contributed by atoms with van der Waals surface area (Å²) in [6.07, 6.45) is 4.44. The molecule has 0 atom stereocenters. The van der Waals surface area contributed by atoms with Crippen LogP contribution in [0.2, 0.25) is 0 Å². The molecule has 128 valence electrons. The van der Waals surface area contributed by atoms with Crippen LogP contribution >= 0.6 is 11.8 Å². The van der Waals surface area contributed by atoms with Crippen LogP contribution in [0, 0.1) is 0 Å². The minimum atomic E-state index is -0.302. The Kier molecular flexibility index (Phi) is 5.45. The lowest BCUT2D eigenvalue weighted by Crippen LogP contribution is -2.05. The molecule has 0 N–H and O–H groups in total. The van der Waals surface area contributed by atoms with Crippen LogP contribution in [0.15, 0.2) is 53.9 Å². The molecule has 0 saturated carbocycles. The zero-order valence-corrected chi connectivity index (χ0v) is 14.9. The van der Waals surface area contributed by atoms with E-state index >= 15 is 0 Å². The van der Waals surface area contributed by atoms with Crippen LogP contribution < -0.4 is 0 Å². The van der Waals surface area contributed by atoms with Gasteiger partial charge in [-0.25, -0.2) is 0 Å². The zero-order chi connectivity index (χ0) is 17.6. The molecule has 0 aliphatic rings. The summed E-state index contributed by atoms with van der Waals surface area (Å²) < 4.78 is 6.65. The van der Waals surface area contributed by atoms with Gasteiger partial charge in [-0.2, -0.15) is 0 Å². The highest BCUT2D eigenvalue weighted by molar-refractivity contribution is 7.99. The highest BCUT2D eigenvalue weighted by atomic mass is 32.2. The van der Waals surface area contributed by atoms with Gasteiger partial charge < -0.3 is 4.74 Å². The summed E-state index contributed by atoms with van der Waals surface area (Å²) in [6.45, 7) is 2.12. The second-order valence-electron chi connectivity index (χ2n) is 5.27. The number of ether oxygens (including phenoxy) is 1. The van der Waals surface area contributed by atoms with Crippen LogP contribution in [0.4, 0.5) is 0 Å². The van der Waals surface area contributed by atoms with Crippen LogP contribution in [0.5, 0.6) is 0 Å². The molecule has 0 aliphatic carbocycles. The maximum absolute atomic E-state index is 11.5. The lowest BCUT2D eigenvalue weighted by molar-refractivity contribution is -0.137. The van der Waals surface area contributed by atoms with Crippen molar-refractivity contribution in [1.82, 2.24) is 19.7 Å². The standard InChI is InChI=1S/C18H18N4O2S/c1-3-13-6-8-15(9-7-13)22-17(14-5-4-10-19-11-14)20-21-18(22)25-12-16(23)24-2/h4-11H,3,12H2,1-2H3. The Balaban J connectivity index is 2.04. The number of aryl methyl sites for hydroxylation is 1. The first kappa shape index (κ1) is 17.2. The SMILES string of the molecule is CCc1ccc(-n2c(SCC(=O)OC)nnc2-c2cccnc2)cc1.